The van der Waals surface area contributed by atoms with Gasteiger partial charge in [-0.1, -0.05) is 27.7 Å². The standard InChI is InChI=1S/C32H50N4/c1-19(2)27-17-35(31-11-21-5-22(12-31)7-23(6-21)13-31)29(33-27)30-34-28(20(3)4)18-36(30)32-14-24-8-25(15-32)10-26(9-24)16-32/h19-28H,5-18H2,1-4H3. The third-order valence-electron chi connectivity index (χ3n) is 12.7. The number of nitrogens with zero attached hydrogens (tertiary/aromatic N) is 4. The maximum Gasteiger partial charge on any atom is 0.167 e. The first kappa shape index (κ1) is 22.9. The van der Waals surface area contributed by atoms with Gasteiger partial charge in [0.2, 0.25) is 0 Å². The molecule has 10 aliphatic rings. The van der Waals surface area contributed by atoms with Crippen LogP contribution in [-0.2, 0) is 0 Å². The van der Waals surface area contributed by atoms with Crippen molar-refractivity contribution in [3.63, 3.8) is 0 Å². The maximum atomic E-state index is 5.65. The summed E-state index contributed by atoms with van der Waals surface area (Å²) in [5.74, 6) is 9.78. The molecular weight excluding hydrogens is 440 g/mol. The van der Waals surface area contributed by atoms with Crippen LogP contribution in [0, 0.1) is 47.3 Å². The molecular formula is C32H50N4. The molecule has 8 bridgehead atoms. The van der Waals surface area contributed by atoms with Crippen LogP contribution < -0.4 is 0 Å². The molecule has 2 unspecified atom stereocenters. The third kappa shape index (κ3) is 3.30. The molecule has 0 saturated heterocycles. The Kier molecular flexibility index (Phi) is 4.92. The van der Waals surface area contributed by atoms with E-state index in [4.69, 9.17) is 9.98 Å². The molecule has 2 aliphatic heterocycles. The van der Waals surface area contributed by atoms with Gasteiger partial charge in [0, 0.05) is 24.2 Å². The Labute approximate surface area is 219 Å². The van der Waals surface area contributed by atoms with Gasteiger partial charge in [-0.15, -0.1) is 0 Å². The molecule has 36 heavy (non-hydrogen) atoms. The lowest BCUT2D eigenvalue weighted by atomic mass is 9.52. The van der Waals surface area contributed by atoms with Crippen LogP contribution >= 0.6 is 0 Å². The Bertz CT molecular complexity index is 826. The summed E-state index contributed by atoms with van der Waals surface area (Å²) in [6, 6.07) is 0.874. The van der Waals surface area contributed by atoms with Crippen molar-refractivity contribution in [2.45, 2.75) is 128 Å². The summed E-state index contributed by atoms with van der Waals surface area (Å²) in [5.41, 5.74) is 0.756. The molecule has 4 heteroatoms. The molecule has 0 aromatic heterocycles. The van der Waals surface area contributed by atoms with Gasteiger partial charge in [-0.25, -0.2) is 0 Å². The molecule has 0 aromatic rings. The van der Waals surface area contributed by atoms with Crippen LogP contribution in [0.5, 0.6) is 0 Å². The number of aliphatic imine (C=N–C) groups is 2. The van der Waals surface area contributed by atoms with Gasteiger partial charge < -0.3 is 9.80 Å². The summed E-state index contributed by atoms with van der Waals surface area (Å²) in [6.07, 6.45) is 17.7. The van der Waals surface area contributed by atoms with Crippen LogP contribution in [0.3, 0.4) is 0 Å². The van der Waals surface area contributed by atoms with Crippen LogP contribution in [0.25, 0.3) is 0 Å². The summed E-state index contributed by atoms with van der Waals surface area (Å²) in [6.45, 7) is 11.9. The van der Waals surface area contributed by atoms with E-state index in [1.807, 2.05) is 0 Å². The van der Waals surface area contributed by atoms with E-state index in [1.165, 1.54) is 88.7 Å². The second-order valence-corrected chi connectivity index (χ2v) is 16.0. The minimum absolute atomic E-state index is 0.378. The van der Waals surface area contributed by atoms with Gasteiger partial charge in [0.05, 0.1) is 12.1 Å². The lowest BCUT2D eigenvalue weighted by molar-refractivity contribution is -0.0648. The number of rotatable bonds is 5. The molecule has 8 saturated carbocycles. The van der Waals surface area contributed by atoms with E-state index in [0.29, 0.717) is 35.0 Å². The summed E-state index contributed by atoms with van der Waals surface area (Å²) < 4.78 is 0. The molecule has 0 spiro atoms. The third-order valence-corrected chi connectivity index (χ3v) is 12.7. The number of amidine groups is 2. The molecule has 2 atom stereocenters. The van der Waals surface area contributed by atoms with Crippen LogP contribution in [0.15, 0.2) is 9.98 Å². The monoisotopic (exact) mass is 490 g/mol. The molecule has 10 rings (SSSR count). The van der Waals surface area contributed by atoms with E-state index in [2.05, 4.69) is 37.5 Å². The van der Waals surface area contributed by atoms with Gasteiger partial charge in [0.1, 0.15) is 0 Å². The maximum absolute atomic E-state index is 5.65. The topological polar surface area (TPSA) is 31.2 Å². The highest BCUT2D eigenvalue weighted by Gasteiger charge is 2.59. The minimum atomic E-state index is 0.378. The van der Waals surface area contributed by atoms with Crippen LogP contribution in [0.1, 0.15) is 105 Å². The van der Waals surface area contributed by atoms with E-state index < -0.39 is 0 Å². The summed E-state index contributed by atoms with van der Waals surface area (Å²) >= 11 is 0. The van der Waals surface area contributed by atoms with E-state index in [0.717, 1.165) is 48.6 Å². The molecule has 0 aromatic carbocycles. The SMILES string of the molecule is CC(C)C1CN(C23CC4CC(CC(C4)C2)C3)C(C2=NC(C(C)C)CN2C23CC4CC(CC(C4)C2)C3)=N1. The highest BCUT2D eigenvalue weighted by molar-refractivity contribution is 6.41. The smallest absolute Gasteiger partial charge is 0.167 e. The Morgan fingerprint density at radius 2 is 0.806 bits per heavy atom. The quantitative estimate of drug-likeness (QED) is 0.446. The Hall–Kier alpha value is -1.06. The van der Waals surface area contributed by atoms with Crippen molar-refractivity contribution in [2.75, 3.05) is 13.1 Å². The molecule has 8 aliphatic carbocycles. The van der Waals surface area contributed by atoms with Crippen molar-refractivity contribution in [2.24, 2.45) is 57.3 Å². The van der Waals surface area contributed by atoms with Crippen LogP contribution in [0.2, 0.25) is 0 Å². The Morgan fingerprint density at radius 3 is 1.06 bits per heavy atom. The lowest BCUT2D eigenvalue weighted by Gasteiger charge is -2.62. The van der Waals surface area contributed by atoms with E-state index in [1.54, 1.807) is 0 Å². The van der Waals surface area contributed by atoms with Gasteiger partial charge >= 0.3 is 0 Å². The fourth-order valence-corrected chi connectivity index (χ4v) is 11.8. The molecule has 2 heterocycles. The Morgan fingerprint density at radius 1 is 0.528 bits per heavy atom. The van der Waals surface area contributed by atoms with Crippen LogP contribution in [0.4, 0.5) is 0 Å². The number of hydrogen-bond donors (Lipinski definition) is 0. The van der Waals surface area contributed by atoms with Gasteiger partial charge in [-0.3, -0.25) is 9.98 Å². The van der Waals surface area contributed by atoms with Gasteiger partial charge in [-0.05, 0) is 124 Å². The van der Waals surface area contributed by atoms with Gasteiger partial charge in [-0.2, -0.15) is 0 Å². The normalized spacial score (nSPS) is 50.7. The molecule has 0 radical (unpaired) electrons. The van der Waals surface area contributed by atoms with Crippen molar-refractivity contribution in [3.05, 3.63) is 0 Å². The van der Waals surface area contributed by atoms with E-state index in [9.17, 15) is 0 Å². The van der Waals surface area contributed by atoms with Crippen LogP contribution in [-0.4, -0.2) is 57.7 Å². The van der Waals surface area contributed by atoms with E-state index in [-0.39, 0.29) is 0 Å². The predicted molar refractivity (Wildman–Crippen MR) is 147 cm³/mol. The predicted octanol–water partition coefficient (Wildman–Crippen LogP) is 6.40. The molecule has 198 valence electrons. The van der Waals surface area contributed by atoms with Crippen molar-refractivity contribution >= 4 is 11.7 Å². The average Bonchev–Trinajstić information content (AvgIpc) is 3.43. The molecule has 0 amide bonds. The van der Waals surface area contributed by atoms with Crippen molar-refractivity contribution in [1.29, 1.82) is 0 Å². The van der Waals surface area contributed by atoms with Gasteiger partial charge in [0.25, 0.3) is 0 Å². The highest BCUT2D eigenvalue weighted by atomic mass is 15.4. The summed E-state index contributed by atoms with van der Waals surface area (Å²) in [5, 5.41) is 0. The zero-order chi connectivity index (χ0) is 24.4. The summed E-state index contributed by atoms with van der Waals surface area (Å²) in [4.78, 5) is 17.2. The summed E-state index contributed by atoms with van der Waals surface area (Å²) in [7, 11) is 0. The number of hydrogen-bond acceptors (Lipinski definition) is 4. The second-order valence-electron chi connectivity index (χ2n) is 16.0. The van der Waals surface area contributed by atoms with Crippen molar-refractivity contribution < 1.29 is 0 Å². The van der Waals surface area contributed by atoms with E-state index >= 15 is 0 Å². The molecule has 0 N–H and O–H groups in total. The zero-order valence-electron chi connectivity index (χ0n) is 23.5. The zero-order valence-corrected chi connectivity index (χ0v) is 23.5. The lowest BCUT2D eigenvalue weighted by Crippen LogP contribution is -2.65. The second kappa shape index (κ2) is 7.75. The fourth-order valence-electron chi connectivity index (χ4n) is 11.8. The molecule has 8 fully saturated rings. The highest BCUT2D eigenvalue weighted by Crippen LogP contribution is 2.60. The van der Waals surface area contributed by atoms with Crippen molar-refractivity contribution in [3.8, 4) is 0 Å². The van der Waals surface area contributed by atoms with Gasteiger partial charge in [0.15, 0.2) is 11.7 Å². The van der Waals surface area contributed by atoms with Crippen molar-refractivity contribution in [1.82, 2.24) is 9.80 Å². The first-order chi connectivity index (χ1) is 17.3. The molecule has 4 nitrogen and oxygen atoms in total. The fraction of sp³-hybridized carbons (Fsp3) is 0.938. The average molecular weight is 491 g/mol. The minimum Gasteiger partial charge on any atom is -0.346 e. The first-order valence-electron chi connectivity index (χ1n) is 16.0. The first-order valence-corrected chi connectivity index (χ1v) is 16.0. The largest absolute Gasteiger partial charge is 0.346 e. The Balaban J connectivity index is 1.19.